The van der Waals surface area contributed by atoms with Gasteiger partial charge in [0.15, 0.2) is 0 Å². The largest absolute Gasteiger partial charge is 0.379 e. The van der Waals surface area contributed by atoms with Crippen molar-refractivity contribution in [3.05, 3.63) is 22.4 Å². The topological polar surface area (TPSA) is 43.3 Å². The molecule has 4 nitrogen and oxygen atoms in total. The highest BCUT2D eigenvalue weighted by molar-refractivity contribution is 9.10. The molecule has 1 amide bonds. The zero-order chi connectivity index (χ0) is 12.3. The Kier molecular flexibility index (Phi) is 4.23. The Labute approximate surface area is 109 Å². The maximum Gasteiger partial charge on any atom is 0.268 e. The minimum atomic E-state index is -0.0203. The lowest BCUT2D eigenvalue weighted by molar-refractivity contribution is 0.0620. The van der Waals surface area contributed by atoms with E-state index in [0.29, 0.717) is 12.3 Å². The van der Waals surface area contributed by atoms with E-state index in [1.54, 1.807) is 0 Å². The van der Waals surface area contributed by atoms with E-state index < -0.39 is 0 Å². The molecule has 0 saturated carbocycles. The lowest BCUT2D eigenvalue weighted by Crippen LogP contribution is -2.41. The molecule has 2 heterocycles. The first kappa shape index (κ1) is 12.6. The van der Waals surface area contributed by atoms with E-state index in [1.165, 1.54) is 0 Å². The third-order valence-electron chi connectivity index (χ3n) is 2.93. The molecule has 1 fully saturated rings. The van der Waals surface area contributed by atoms with Crippen molar-refractivity contribution in [2.24, 2.45) is 0 Å². The van der Waals surface area contributed by atoms with E-state index in [1.807, 2.05) is 23.8 Å². The summed E-state index contributed by atoms with van der Waals surface area (Å²) in [6, 6.07) is 2.00. The number of aryl methyl sites for hydroxylation is 1. The van der Waals surface area contributed by atoms with Crippen LogP contribution in [0.3, 0.4) is 0 Å². The summed E-state index contributed by atoms with van der Waals surface area (Å²) in [7, 11) is 0. The molecule has 1 saturated heterocycles. The number of carbonyl (C=O) groups excluding carboxylic acids is 1. The molecule has 2 rings (SSSR count). The zero-order valence-corrected chi connectivity index (χ0v) is 11.5. The smallest absolute Gasteiger partial charge is 0.268 e. The molecule has 1 atom stereocenters. The Hall–Kier alpha value is -0.810. The van der Waals surface area contributed by atoms with Crippen LogP contribution in [0.5, 0.6) is 0 Å². The minimum Gasteiger partial charge on any atom is -0.379 e. The van der Waals surface area contributed by atoms with Crippen LogP contribution >= 0.6 is 15.9 Å². The Morgan fingerprint density at radius 3 is 3.18 bits per heavy atom. The van der Waals surface area contributed by atoms with Gasteiger partial charge in [-0.25, -0.2) is 0 Å². The van der Waals surface area contributed by atoms with Gasteiger partial charge in [0.1, 0.15) is 5.69 Å². The molecule has 1 unspecified atom stereocenters. The van der Waals surface area contributed by atoms with Crippen molar-refractivity contribution in [3.8, 4) is 0 Å². The molecular weight excluding hydrogens is 284 g/mol. The first-order chi connectivity index (χ1) is 8.20. The molecular formula is C12H17BrN2O2. The number of amides is 1. The second kappa shape index (κ2) is 5.69. The molecule has 5 heteroatoms. The summed E-state index contributed by atoms with van der Waals surface area (Å²) in [4.78, 5) is 12.1. The average molecular weight is 301 g/mol. The van der Waals surface area contributed by atoms with Gasteiger partial charge in [-0.3, -0.25) is 4.79 Å². The fourth-order valence-corrected chi connectivity index (χ4v) is 2.50. The van der Waals surface area contributed by atoms with E-state index in [2.05, 4.69) is 21.2 Å². The lowest BCUT2D eigenvalue weighted by Gasteiger charge is -2.23. The highest BCUT2D eigenvalue weighted by atomic mass is 79.9. The maximum atomic E-state index is 12.1. The van der Waals surface area contributed by atoms with Crippen LogP contribution in [0.2, 0.25) is 0 Å². The fraction of sp³-hybridized carbons (Fsp3) is 0.583. The first-order valence-corrected chi connectivity index (χ1v) is 6.74. The van der Waals surface area contributed by atoms with Gasteiger partial charge >= 0.3 is 0 Å². The van der Waals surface area contributed by atoms with Gasteiger partial charge in [0, 0.05) is 23.8 Å². The van der Waals surface area contributed by atoms with E-state index in [0.717, 1.165) is 30.5 Å². The van der Waals surface area contributed by atoms with Gasteiger partial charge in [-0.05, 0) is 41.8 Å². The van der Waals surface area contributed by atoms with Gasteiger partial charge in [0.2, 0.25) is 0 Å². The molecule has 0 bridgehead atoms. The molecule has 1 aliphatic heterocycles. The van der Waals surface area contributed by atoms with E-state index >= 15 is 0 Å². The number of aromatic nitrogens is 1. The molecule has 1 N–H and O–H groups in total. The van der Waals surface area contributed by atoms with Gasteiger partial charge in [-0.1, -0.05) is 0 Å². The van der Waals surface area contributed by atoms with Gasteiger partial charge in [0.25, 0.3) is 5.91 Å². The molecule has 0 radical (unpaired) electrons. The van der Waals surface area contributed by atoms with Crippen molar-refractivity contribution in [3.63, 3.8) is 0 Å². The second-order valence-corrected chi connectivity index (χ2v) is 5.13. The second-order valence-electron chi connectivity index (χ2n) is 4.22. The number of hydrogen-bond donors (Lipinski definition) is 1. The third-order valence-corrected chi connectivity index (χ3v) is 3.37. The van der Waals surface area contributed by atoms with Gasteiger partial charge in [0.05, 0.1) is 12.6 Å². The number of halogens is 1. The number of carbonyl (C=O) groups is 1. The molecule has 0 spiro atoms. The van der Waals surface area contributed by atoms with Crippen molar-refractivity contribution >= 4 is 21.8 Å². The Balaban J connectivity index is 2.02. The van der Waals surface area contributed by atoms with Crippen LogP contribution < -0.4 is 5.32 Å². The number of hydrogen-bond acceptors (Lipinski definition) is 2. The first-order valence-electron chi connectivity index (χ1n) is 5.95. The van der Waals surface area contributed by atoms with Gasteiger partial charge in [-0.2, -0.15) is 0 Å². The third kappa shape index (κ3) is 3.10. The lowest BCUT2D eigenvalue weighted by atomic mass is 10.1. The van der Waals surface area contributed by atoms with Crippen LogP contribution in [0.1, 0.15) is 30.3 Å². The van der Waals surface area contributed by atoms with Gasteiger partial charge in [-0.15, -0.1) is 0 Å². The molecule has 17 heavy (non-hydrogen) atoms. The van der Waals surface area contributed by atoms with Crippen LogP contribution in [0.4, 0.5) is 0 Å². The Bertz CT molecular complexity index is 397. The van der Waals surface area contributed by atoms with Crippen molar-refractivity contribution in [1.82, 2.24) is 9.88 Å². The predicted octanol–water partition coefficient (Wildman–Crippen LogP) is 2.18. The zero-order valence-electron chi connectivity index (χ0n) is 9.91. The van der Waals surface area contributed by atoms with Crippen molar-refractivity contribution in [2.45, 2.75) is 32.4 Å². The van der Waals surface area contributed by atoms with Crippen molar-refractivity contribution in [1.29, 1.82) is 0 Å². The number of nitrogens with zero attached hydrogens (tertiary/aromatic N) is 1. The van der Waals surface area contributed by atoms with Crippen LogP contribution in [0.15, 0.2) is 16.7 Å². The summed E-state index contributed by atoms with van der Waals surface area (Å²) in [6.07, 6.45) is 3.94. The van der Waals surface area contributed by atoms with Crippen LogP contribution in [0.25, 0.3) is 0 Å². The number of ether oxygens (including phenoxy) is 1. The highest BCUT2D eigenvalue weighted by Gasteiger charge is 2.19. The predicted molar refractivity (Wildman–Crippen MR) is 69.1 cm³/mol. The molecule has 1 aliphatic rings. The summed E-state index contributed by atoms with van der Waals surface area (Å²) >= 11 is 3.39. The number of nitrogens with one attached hydrogen (secondary N) is 1. The van der Waals surface area contributed by atoms with Crippen molar-refractivity contribution < 1.29 is 9.53 Å². The van der Waals surface area contributed by atoms with Crippen molar-refractivity contribution in [2.75, 3.05) is 13.2 Å². The van der Waals surface area contributed by atoms with Crippen LogP contribution in [0, 0.1) is 0 Å². The summed E-state index contributed by atoms with van der Waals surface area (Å²) in [5, 5.41) is 3.02. The Morgan fingerprint density at radius 2 is 2.53 bits per heavy atom. The molecule has 1 aromatic heterocycles. The molecule has 0 aromatic carbocycles. The molecule has 94 valence electrons. The number of rotatable bonds is 3. The van der Waals surface area contributed by atoms with E-state index in [9.17, 15) is 4.79 Å². The highest BCUT2D eigenvalue weighted by Crippen LogP contribution is 2.15. The minimum absolute atomic E-state index is 0.0203. The molecule has 0 aliphatic carbocycles. The van der Waals surface area contributed by atoms with E-state index in [4.69, 9.17) is 4.74 Å². The maximum absolute atomic E-state index is 12.1. The summed E-state index contributed by atoms with van der Waals surface area (Å²) < 4.78 is 8.22. The summed E-state index contributed by atoms with van der Waals surface area (Å²) in [6.45, 7) is 4.24. The van der Waals surface area contributed by atoms with Gasteiger partial charge < -0.3 is 14.6 Å². The average Bonchev–Trinajstić information content (AvgIpc) is 2.72. The van der Waals surface area contributed by atoms with E-state index in [-0.39, 0.29) is 11.9 Å². The van der Waals surface area contributed by atoms with Crippen LogP contribution in [-0.4, -0.2) is 29.7 Å². The summed E-state index contributed by atoms with van der Waals surface area (Å²) in [5.74, 6) is -0.0203. The monoisotopic (exact) mass is 300 g/mol. The summed E-state index contributed by atoms with van der Waals surface area (Å²) in [5.41, 5.74) is 0.699. The SMILES string of the molecule is CCn1cc(Br)cc1C(=O)NC1CCCOC1. The fourth-order valence-electron chi connectivity index (χ4n) is 2.04. The Morgan fingerprint density at radius 1 is 1.71 bits per heavy atom. The molecule has 1 aromatic rings. The normalized spacial score (nSPS) is 20.2. The standard InChI is InChI=1S/C12H17BrN2O2/c1-2-15-7-9(13)6-11(15)12(16)14-10-4-3-5-17-8-10/h6-7,10H,2-5,8H2,1H3,(H,14,16). The quantitative estimate of drug-likeness (QED) is 0.930. The van der Waals surface area contributed by atoms with Crippen LogP contribution in [-0.2, 0) is 11.3 Å².